The van der Waals surface area contributed by atoms with Gasteiger partial charge in [-0.1, -0.05) is 18.2 Å². The minimum absolute atomic E-state index is 0.0672. The Labute approximate surface area is 206 Å². The highest BCUT2D eigenvalue weighted by molar-refractivity contribution is 5.98. The highest BCUT2D eigenvalue weighted by Crippen LogP contribution is 2.37. The predicted octanol–water partition coefficient (Wildman–Crippen LogP) is 6.10. The van der Waals surface area contributed by atoms with Crippen molar-refractivity contribution >= 4 is 27.7 Å². The SMILES string of the molecule is COc1ccc(-c2oc3cc(C)c(C)cc3c(=O)c2OCC(=O)c2cc3ccccc3o2)cc1OC. The van der Waals surface area contributed by atoms with Crippen molar-refractivity contribution in [3.8, 4) is 28.6 Å². The quantitative estimate of drug-likeness (QED) is 0.258. The standard InChI is InChI=1S/C29H24O7/c1-16-11-20-24(12-17(16)2)36-28(19-9-10-23(32-3)26(14-19)33-4)29(27(20)31)34-15-21(30)25-13-18-7-5-6-8-22(18)35-25/h5-14H,15H2,1-4H3. The van der Waals surface area contributed by atoms with Gasteiger partial charge in [0.1, 0.15) is 11.2 Å². The number of Topliss-reactive ketones (excluding diaryl/α,β-unsaturated/α-hetero) is 1. The van der Waals surface area contributed by atoms with Crippen LogP contribution in [0.3, 0.4) is 0 Å². The van der Waals surface area contributed by atoms with E-state index >= 15 is 0 Å². The minimum atomic E-state index is -0.402. The summed E-state index contributed by atoms with van der Waals surface area (Å²) in [6.07, 6.45) is 0. The van der Waals surface area contributed by atoms with Crippen molar-refractivity contribution in [2.45, 2.75) is 13.8 Å². The number of fused-ring (bicyclic) bond motifs is 2. The van der Waals surface area contributed by atoms with Gasteiger partial charge in [0.2, 0.25) is 17.0 Å². The van der Waals surface area contributed by atoms with Gasteiger partial charge >= 0.3 is 0 Å². The van der Waals surface area contributed by atoms with Gasteiger partial charge in [0.05, 0.1) is 19.6 Å². The number of ether oxygens (including phenoxy) is 3. The number of furan rings is 1. The zero-order valence-corrected chi connectivity index (χ0v) is 20.3. The van der Waals surface area contributed by atoms with Crippen molar-refractivity contribution < 1.29 is 27.8 Å². The van der Waals surface area contributed by atoms with E-state index < -0.39 is 12.4 Å². The molecule has 0 radical (unpaired) electrons. The van der Waals surface area contributed by atoms with E-state index in [1.807, 2.05) is 38.1 Å². The molecule has 0 spiro atoms. The predicted molar refractivity (Wildman–Crippen MR) is 137 cm³/mol. The van der Waals surface area contributed by atoms with Gasteiger partial charge in [0.15, 0.2) is 29.6 Å². The first-order valence-electron chi connectivity index (χ1n) is 11.3. The van der Waals surface area contributed by atoms with Crippen LogP contribution in [0.5, 0.6) is 17.2 Å². The fraction of sp³-hybridized carbons (Fsp3) is 0.172. The molecule has 0 aliphatic carbocycles. The maximum atomic E-state index is 13.6. The number of methoxy groups -OCH3 is 2. The summed E-state index contributed by atoms with van der Waals surface area (Å²) in [5, 5.41) is 1.18. The fourth-order valence-electron chi connectivity index (χ4n) is 4.06. The number of carbonyl (C=O) groups is 1. The molecular formula is C29H24O7. The number of para-hydroxylation sites is 1. The van der Waals surface area contributed by atoms with Crippen LogP contribution in [0.25, 0.3) is 33.3 Å². The van der Waals surface area contributed by atoms with Crippen LogP contribution in [0.2, 0.25) is 0 Å². The highest BCUT2D eigenvalue weighted by atomic mass is 16.5. The molecular weight excluding hydrogens is 460 g/mol. The first-order chi connectivity index (χ1) is 17.4. The summed E-state index contributed by atoms with van der Waals surface area (Å²) < 4.78 is 28.5. The maximum Gasteiger partial charge on any atom is 0.235 e. The third-order valence-corrected chi connectivity index (χ3v) is 6.16. The zero-order valence-electron chi connectivity index (χ0n) is 20.3. The van der Waals surface area contributed by atoms with Gasteiger partial charge < -0.3 is 23.0 Å². The monoisotopic (exact) mass is 484 g/mol. The van der Waals surface area contributed by atoms with Crippen LogP contribution in [0.1, 0.15) is 21.7 Å². The van der Waals surface area contributed by atoms with Gasteiger partial charge in [-0.15, -0.1) is 0 Å². The van der Waals surface area contributed by atoms with Crippen molar-refractivity contribution in [2.75, 3.05) is 20.8 Å². The minimum Gasteiger partial charge on any atom is -0.493 e. The van der Waals surface area contributed by atoms with E-state index in [0.29, 0.717) is 33.6 Å². The molecule has 36 heavy (non-hydrogen) atoms. The molecule has 0 fully saturated rings. The molecule has 0 unspecified atom stereocenters. The largest absolute Gasteiger partial charge is 0.493 e. The van der Waals surface area contributed by atoms with E-state index in [2.05, 4.69) is 0 Å². The summed E-state index contributed by atoms with van der Waals surface area (Å²) in [5.41, 5.74) is 3.11. The topological polar surface area (TPSA) is 88.1 Å². The summed E-state index contributed by atoms with van der Waals surface area (Å²) >= 11 is 0. The molecule has 0 aliphatic rings. The number of benzene rings is 3. The second kappa shape index (κ2) is 9.26. The second-order valence-corrected chi connectivity index (χ2v) is 8.45. The van der Waals surface area contributed by atoms with Crippen LogP contribution >= 0.6 is 0 Å². The number of rotatable bonds is 7. The molecule has 0 saturated heterocycles. The lowest BCUT2D eigenvalue weighted by Gasteiger charge is -2.14. The van der Waals surface area contributed by atoms with Crippen molar-refractivity contribution in [1.29, 1.82) is 0 Å². The van der Waals surface area contributed by atoms with Gasteiger partial charge in [-0.25, -0.2) is 0 Å². The van der Waals surface area contributed by atoms with Crippen LogP contribution in [0, 0.1) is 13.8 Å². The molecule has 2 aromatic heterocycles. The van der Waals surface area contributed by atoms with E-state index in [0.717, 1.165) is 16.5 Å². The summed E-state index contributed by atoms with van der Waals surface area (Å²) in [5.74, 6) is 0.863. The van der Waals surface area contributed by atoms with E-state index in [1.54, 1.807) is 36.4 Å². The number of carbonyl (C=O) groups excluding carboxylic acids is 1. The van der Waals surface area contributed by atoms with E-state index in [-0.39, 0.29) is 22.7 Å². The lowest BCUT2D eigenvalue weighted by molar-refractivity contribution is 0.0894. The van der Waals surface area contributed by atoms with Crippen molar-refractivity contribution in [3.05, 3.63) is 87.8 Å². The molecule has 3 aromatic carbocycles. The van der Waals surface area contributed by atoms with Crippen molar-refractivity contribution in [1.82, 2.24) is 0 Å². The molecule has 7 heteroatoms. The summed E-state index contributed by atoms with van der Waals surface area (Å²) in [4.78, 5) is 26.5. The van der Waals surface area contributed by atoms with Crippen molar-refractivity contribution in [2.24, 2.45) is 0 Å². The molecule has 0 aliphatic heterocycles. The number of aryl methyl sites for hydroxylation is 2. The van der Waals surface area contributed by atoms with Crippen LogP contribution in [-0.2, 0) is 0 Å². The molecule has 0 bridgehead atoms. The first-order valence-corrected chi connectivity index (χ1v) is 11.3. The molecule has 5 aromatic rings. The number of ketones is 1. The van der Waals surface area contributed by atoms with Crippen LogP contribution in [0.4, 0.5) is 0 Å². The summed E-state index contributed by atoms with van der Waals surface area (Å²) in [7, 11) is 3.06. The van der Waals surface area contributed by atoms with E-state index in [4.69, 9.17) is 23.0 Å². The molecule has 7 nitrogen and oxygen atoms in total. The molecule has 2 heterocycles. The molecule has 5 rings (SSSR count). The molecule has 0 amide bonds. The van der Waals surface area contributed by atoms with Crippen LogP contribution in [0.15, 0.2) is 74.3 Å². The third-order valence-electron chi connectivity index (χ3n) is 6.16. The highest BCUT2D eigenvalue weighted by Gasteiger charge is 2.22. The molecule has 0 N–H and O–H groups in total. The number of hydrogen-bond donors (Lipinski definition) is 0. The Morgan fingerprint density at radius 3 is 2.33 bits per heavy atom. The fourth-order valence-corrected chi connectivity index (χ4v) is 4.06. The Kier molecular flexibility index (Phi) is 5.98. The first kappa shape index (κ1) is 23.2. The van der Waals surface area contributed by atoms with E-state index in [9.17, 15) is 9.59 Å². The smallest absolute Gasteiger partial charge is 0.235 e. The Hall–Kier alpha value is -4.52. The zero-order chi connectivity index (χ0) is 25.4. The van der Waals surface area contributed by atoms with Crippen LogP contribution in [-0.4, -0.2) is 26.6 Å². The lowest BCUT2D eigenvalue weighted by atomic mass is 10.0. The maximum absolute atomic E-state index is 13.6. The van der Waals surface area contributed by atoms with Gasteiger partial charge in [-0.05, 0) is 67.4 Å². The molecule has 182 valence electrons. The third kappa shape index (κ3) is 4.09. The van der Waals surface area contributed by atoms with Gasteiger partial charge in [-0.2, -0.15) is 0 Å². The average molecular weight is 485 g/mol. The Morgan fingerprint density at radius 1 is 0.833 bits per heavy atom. The Balaban J connectivity index is 1.60. The van der Waals surface area contributed by atoms with E-state index in [1.165, 1.54) is 14.2 Å². The Morgan fingerprint density at radius 2 is 1.58 bits per heavy atom. The van der Waals surface area contributed by atoms with Crippen molar-refractivity contribution in [3.63, 3.8) is 0 Å². The second-order valence-electron chi connectivity index (χ2n) is 8.45. The molecule has 0 saturated carbocycles. The lowest BCUT2D eigenvalue weighted by Crippen LogP contribution is -2.17. The summed E-state index contributed by atoms with van der Waals surface area (Å²) in [6, 6.07) is 17.7. The van der Waals surface area contributed by atoms with Gasteiger partial charge in [-0.3, -0.25) is 9.59 Å². The summed E-state index contributed by atoms with van der Waals surface area (Å²) in [6.45, 7) is 3.46. The normalized spacial score (nSPS) is 11.1. The average Bonchev–Trinajstić information content (AvgIpc) is 3.33. The van der Waals surface area contributed by atoms with Gasteiger partial charge in [0.25, 0.3) is 0 Å². The van der Waals surface area contributed by atoms with Crippen LogP contribution < -0.4 is 19.6 Å². The Bertz CT molecular complexity index is 1640. The number of hydrogen-bond acceptors (Lipinski definition) is 7. The molecule has 0 atom stereocenters. The van der Waals surface area contributed by atoms with Gasteiger partial charge in [0, 0.05) is 10.9 Å².